The number of sulfone groups is 1. The first-order valence-electron chi connectivity index (χ1n) is 4.46. The van der Waals surface area contributed by atoms with Gasteiger partial charge in [-0.1, -0.05) is 0 Å². The molecule has 2 fully saturated rings. The number of amides is 1. The first-order valence-corrected chi connectivity index (χ1v) is 6.01. The van der Waals surface area contributed by atoms with Crippen LogP contribution in [0.5, 0.6) is 0 Å². The third-order valence-corrected chi connectivity index (χ3v) is 6.00. The minimum atomic E-state index is -3.61. The van der Waals surface area contributed by atoms with Crippen molar-refractivity contribution in [2.45, 2.75) is 36.4 Å². The van der Waals surface area contributed by atoms with Crippen LogP contribution in [0.4, 0.5) is 0 Å². The average Bonchev–Trinajstić information content (AvgIpc) is 2.19. The molecule has 0 saturated carbocycles. The van der Waals surface area contributed by atoms with Gasteiger partial charge in [-0.15, -0.1) is 0 Å². The minimum absolute atomic E-state index is 0. The van der Waals surface area contributed by atoms with Crippen molar-refractivity contribution in [1.29, 1.82) is 0 Å². The number of aliphatic carboxylic acids is 1. The van der Waals surface area contributed by atoms with Crippen LogP contribution >= 0.6 is 0 Å². The van der Waals surface area contributed by atoms with Crippen molar-refractivity contribution in [1.82, 2.24) is 4.90 Å². The first kappa shape index (κ1) is 14.0. The molecule has 2 rings (SSSR count). The van der Waals surface area contributed by atoms with E-state index in [1.807, 2.05) is 0 Å². The van der Waals surface area contributed by atoms with E-state index in [-0.39, 0.29) is 36.0 Å². The molecule has 2 aliphatic rings. The van der Waals surface area contributed by atoms with E-state index in [0.717, 1.165) is 4.90 Å². The van der Waals surface area contributed by atoms with Crippen LogP contribution in [0.3, 0.4) is 0 Å². The Morgan fingerprint density at radius 2 is 2.00 bits per heavy atom. The molecule has 0 aromatic heterocycles. The normalized spacial score (nSPS) is 33.6. The molecule has 2 unspecified atom stereocenters. The summed E-state index contributed by atoms with van der Waals surface area (Å²) in [6, 6.07) is -1.37. The van der Waals surface area contributed by atoms with E-state index in [0.29, 0.717) is 0 Å². The Balaban J connectivity index is 0.00000128. The predicted molar refractivity (Wildman–Crippen MR) is 47.0 cm³/mol. The smallest absolute Gasteiger partial charge is 0.548 e. The Kier molecular flexibility index (Phi) is 3.22. The zero-order valence-electron chi connectivity index (χ0n) is 9.26. The largest absolute Gasteiger partial charge is 1.00 e. The molecule has 1 amide bonds. The van der Waals surface area contributed by atoms with Gasteiger partial charge in [0.2, 0.25) is 5.91 Å². The van der Waals surface area contributed by atoms with Gasteiger partial charge in [0, 0.05) is 0 Å². The van der Waals surface area contributed by atoms with Crippen LogP contribution in [0.25, 0.3) is 0 Å². The van der Waals surface area contributed by atoms with Crippen LogP contribution in [-0.2, 0) is 19.4 Å². The number of nitrogens with zero attached hydrogens (tertiary/aromatic N) is 1. The summed E-state index contributed by atoms with van der Waals surface area (Å²) in [5.41, 5.74) is 0. The van der Waals surface area contributed by atoms with E-state index >= 15 is 0 Å². The van der Waals surface area contributed by atoms with Crippen molar-refractivity contribution in [3.05, 3.63) is 0 Å². The van der Waals surface area contributed by atoms with Gasteiger partial charge >= 0.3 is 29.6 Å². The molecule has 0 radical (unpaired) electrons. The third kappa shape index (κ3) is 1.38. The zero-order chi connectivity index (χ0) is 11.6. The van der Waals surface area contributed by atoms with Gasteiger partial charge in [-0.3, -0.25) is 4.79 Å². The molecule has 0 N–H and O–H groups in total. The zero-order valence-corrected chi connectivity index (χ0v) is 12.1. The van der Waals surface area contributed by atoms with Crippen molar-refractivity contribution in [3.63, 3.8) is 0 Å². The van der Waals surface area contributed by atoms with E-state index in [1.54, 1.807) is 0 Å². The van der Waals surface area contributed by atoms with Crippen molar-refractivity contribution in [2.75, 3.05) is 0 Å². The number of β-lactam (4-membered cyclic amide) rings is 1. The van der Waals surface area contributed by atoms with Gasteiger partial charge in [-0.25, -0.2) is 8.42 Å². The maximum absolute atomic E-state index is 11.9. The van der Waals surface area contributed by atoms with Gasteiger partial charge in [0.05, 0.1) is 23.2 Å². The van der Waals surface area contributed by atoms with Crippen molar-refractivity contribution < 1.29 is 52.7 Å². The van der Waals surface area contributed by atoms with Gasteiger partial charge < -0.3 is 14.8 Å². The molecule has 2 heterocycles. The number of carboxylic acids is 1. The summed E-state index contributed by atoms with van der Waals surface area (Å²) in [6.45, 7) is 2.63. The number of rotatable bonds is 1. The molecule has 0 bridgehead atoms. The summed E-state index contributed by atoms with van der Waals surface area (Å²) >= 11 is 0. The SMILES string of the molecule is CC1(C)C(C(=O)[O-])N2C(=O)CC2S1(=O)=O.[Na+]. The molecule has 0 aliphatic carbocycles. The van der Waals surface area contributed by atoms with Gasteiger partial charge in [-0.2, -0.15) is 0 Å². The maximum atomic E-state index is 11.9. The molecule has 16 heavy (non-hydrogen) atoms. The fourth-order valence-corrected chi connectivity index (χ4v) is 4.33. The van der Waals surface area contributed by atoms with Crippen LogP contribution in [0, 0.1) is 0 Å². The van der Waals surface area contributed by atoms with E-state index in [4.69, 9.17) is 0 Å². The molecule has 6 nitrogen and oxygen atoms in total. The van der Waals surface area contributed by atoms with E-state index in [1.165, 1.54) is 13.8 Å². The van der Waals surface area contributed by atoms with Crippen molar-refractivity contribution in [3.8, 4) is 0 Å². The summed E-state index contributed by atoms with van der Waals surface area (Å²) in [5, 5.41) is 9.90. The molecule has 84 valence electrons. The second-order valence-electron chi connectivity index (χ2n) is 4.33. The van der Waals surface area contributed by atoms with E-state index in [9.17, 15) is 23.1 Å². The van der Waals surface area contributed by atoms with Crippen molar-refractivity contribution >= 4 is 21.7 Å². The van der Waals surface area contributed by atoms with E-state index < -0.39 is 37.9 Å². The maximum Gasteiger partial charge on any atom is 1.00 e. The molecule has 0 spiro atoms. The monoisotopic (exact) mass is 255 g/mol. The van der Waals surface area contributed by atoms with Gasteiger partial charge in [-0.05, 0) is 13.8 Å². The molecule has 0 aromatic carbocycles. The Hall–Kier alpha value is -0.110. The molecule has 2 saturated heterocycles. The van der Waals surface area contributed by atoms with Crippen LogP contribution in [0.1, 0.15) is 20.3 Å². The second-order valence-corrected chi connectivity index (χ2v) is 7.02. The summed E-state index contributed by atoms with van der Waals surface area (Å²) < 4.78 is 22.2. The Morgan fingerprint density at radius 3 is 2.31 bits per heavy atom. The number of carbonyl (C=O) groups excluding carboxylic acids is 2. The summed E-state index contributed by atoms with van der Waals surface area (Å²) in [7, 11) is -3.61. The molecule has 0 aromatic rings. The molecule has 2 aliphatic heterocycles. The molecular weight excluding hydrogens is 245 g/mol. The third-order valence-electron chi connectivity index (χ3n) is 3.20. The number of hydrogen-bond acceptors (Lipinski definition) is 5. The number of carbonyl (C=O) groups is 2. The average molecular weight is 255 g/mol. The quantitative estimate of drug-likeness (QED) is 0.345. The second kappa shape index (κ2) is 3.69. The number of fused-ring (bicyclic) bond motifs is 1. The van der Waals surface area contributed by atoms with Crippen LogP contribution in [0.15, 0.2) is 0 Å². The van der Waals surface area contributed by atoms with Gasteiger partial charge in [0.25, 0.3) is 0 Å². The molecule has 2 atom stereocenters. The van der Waals surface area contributed by atoms with Gasteiger partial charge in [0.15, 0.2) is 9.84 Å². The minimum Gasteiger partial charge on any atom is -0.548 e. The fourth-order valence-electron chi connectivity index (χ4n) is 2.21. The summed E-state index contributed by atoms with van der Waals surface area (Å²) in [6.07, 6.45) is -0.116. The Labute approximate surface area is 115 Å². The van der Waals surface area contributed by atoms with Gasteiger partial charge in [0.1, 0.15) is 5.37 Å². The molecule has 8 heteroatoms. The first-order chi connectivity index (χ1) is 6.71. The van der Waals surface area contributed by atoms with Crippen LogP contribution in [-0.4, -0.2) is 41.4 Å². The number of hydrogen-bond donors (Lipinski definition) is 0. The Morgan fingerprint density at radius 1 is 1.50 bits per heavy atom. The molecular formula is C8H10NNaO5S. The summed E-state index contributed by atoms with van der Waals surface area (Å²) in [5.74, 6) is -1.96. The van der Waals surface area contributed by atoms with Crippen LogP contribution < -0.4 is 34.7 Å². The summed E-state index contributed by atoms with van der Waals surface area (Å²) in [4.78, 5) is 23.0. The van der Waals surface area contributed by atoms with Crippen molar-refractivity contribution in [2.24, 2.45) is 0 Å². The predicted octanol–water partition coefficient (Wildman–Crippen LogP) is -5.13. The standard InChI is InChI=1S/C8H11NO5S.Na/c1-8(2)6(7(11)12)9-4(10)3-5(9)15(8,13)14;/h5-6H,3H2,1-2H3,(H,11,12);/q;+1/p-1. The topological polar surface area (TPSA) is 94.6 Å². The number of carboxylic acid groups (broad SMARTS) is 1. The van der Waals surface area contributed by atoms with Crippen LogP contribution in [0.2, 0.25) is 0 Å². The fraction of sp³-hybridized carbons (Fsp3) is 0.750. The van der Waals surface area contributed by atoms with E-state index in [2.05, 4.69) is 0 Å². The Bertz CT molecular complexity index is 457.